The highest BCUT2D eigenvalue weighted by atomic mass is 79.9. The van der Waals surface area contributed by atoms with Crippen LogP contribution in [0.1, 0.15) is 29.4 Å². The Labute approximate surface area is 162 Å². The van der Waals surface area contributed by atoms with Gasteiger partial charge < -0.3 is 16.0 Å². The molecule has 0 saturated carbocycles. The summed E-state index contributed by atoms with van der Waals surface area (Å²) >= 11 is 3.37. The molecule has 6 nitrogen and oxygen atoms in total. The molecule has 0 aliphatic carbocycles. The Hall–Kier alpha value is -2.41. The minimum absolute atomic E-state index is 0.0676. The highest BCUT2D eigenvalue weighted by Crippen LogP contribution is 2.11. The molecule has 1 aromatic heterocycles. The van der Waals surface area contributed by atoms with Gasteiger partial charge in [0.05, 0.1) is 12.2 Å². The Morgan fingerprint density at radius 2 is 1.96 bits per heavy atom. The van der Waals surface area contributed by atoms with Crippen molar-refractivity contribution in [3.05, 3.63) is 64.4 Å². The van der Waals surface area contributed by atoms with Crippen molar-refractivity contribution in [1.29, 1.82) is 0 Å². The van der Waals surface area contributed by atoms with Gasteiger partial charge in [-0.3, -0.25) is 9.78 Å². The average Bonchev–Trinajstić information content (AvgIpc) is 2.66. The van der Waals surface area contributed by atoms with Crippen molar-refractivity contribution in [3.8, 4) is 0 Å². The molecule has 7 heteroatoms. The second-order valence-corrected chi connectivity index (χ2v) is 6.48. The summed E-state index contributed by atoms with van der Waals surface area (Å²) in [6.07, 6.45) is 2.56. The molecule has 138 valence electrons. The van der Waals surface area contributed by atoms with Crippen molar-refractivity contribution in [2.24, 2.45) is 4.99 Å². The molecule has 0 saturated heterocycles. The molecule has 0 spiro atoms. The minimum atomic E-state index is -0.0676. The molecule has 0 radical (unpaired) electrons. The highest BCUT2D eigenvalue weighted by Gasteiger charge is 2.04. The molecule has 0 fully saturated rings. The van der Waals surface area contributed by atoms with Crippen molar-refractivity contribution in [2.75, 3.05) is 19.6 Å². The molecule has 2 rings (SSSR count). The molecule has 1 heterocycles. The zero-order valence-electron chi connectivity index (χ0n) is 14.8. The molecular formula is C19H24BrN5O. The maximum Gasteiger partial charge on any atom is 0.251 e. The molecule has 2 aromatic rings. The lowest BCUT2D eigenvalue weighted by Gasteiger charge is -2.11. The summed E-state index contributed by atoms with van der Waals surface area (Å²) < 4.78 is 0.895. The number of aromatic nitrogens is 1. The first kappa shape index (κ1) is 19.9. The van der Waals surface area contributed by atoms with Crippen molar-refractivity contribution >= 4 is 27.8 Å². The van der Waals surface area contributed by atoms with Crippen LogP contribution < -0.4 is 16.0 Å². The van der Waals surface area contributed by atoms with Gasteiger partial charge in [-0.15, -0.1) is 0 Å². The van der Waals surface area contributed by atoms with Crippen LogP contribution in [-0.4, -0.2) is 36.5 Å². The van der Waals surface area contributed by atoms with E-state index in [4.69, 9.17) is 0 Å². The number of hydrogen-bond acceptors (Lipinski definition) is 3. The van der Waals surface area contributed by atoms with E-state index in [0.29, 0.717) is 25.2 Å². The van der Waals surface area contributed by atoms with Crippen LogP contribution in [0.2, 0.25) is 0 Å². The van der Waals surface area contributed by atoms with Gasteiger partial charge in [-0.1, -0.05) is 28.1 Å². The fourth-order valence-electron chi connectivity index (χ4n) is 2.22. The van der Waals surface area contributed by atoms with Gasteiger partial charge in [-0.05, 0) is 43.7 Å². The first-order chi connectivity index (χ1) is 12.7. The molecule has 0 aliphatic rings. The van der Waals surface area contributed by atoms with Gasteiger partial charge in [0.15, 0.2) is 5.96 Å². The smallest absolute Gasteiger partial charge is 0.251 e. The van der Waals surface area contributed by atoms with Crippen LogP contribution in [0.25, 0.3) is 0 Å². The van der Waals surface area contributed by atoms with Gasteiger partial charge in [0.2, 0.25) is 0 Å². The first-order valence-electron chi connectivity index (χ1n) is 8.65. The Morgan fingerprint density at radius 3 is 2.69 bits per heavy atom. The number of nitrogens with zero attached hydrogens (tertiary/aromatic N) is 2. The molecule has 3 N–H and O–H groups in total. The number of benzene rings is 1. The topological polar surface area (TPSA) is 78.4 Å². The maximum atomic E-state index is 12.1. The van der Waals surface area contributed by atoms with E-state index in [0.717, 1.165) is 29.1 Å². The molecule has 0 aliphatic heterocycles. The number of guanidine groups is 1. The van der Waals surface area contributed by atoms with Crippen LogP contribution >= 0.6 is 15.9 Å². The van der Waals surface area contributed by atoms with Gasteiger partial charge in [0.25, 0.3) is 5.91 Å². The third-order valence-corrected chi connectivity index (χ3v) is 3.98. The lowest BCUT2D eigenvalue weighted by molar-refractivity contribution is 0.0953. The first-order valence-corrected chi connectivity index (χ1v) is 9.44. The SMILES string of the molecule is CCNC(=NCc1ccccn1)NCCCNC(=O)c1cccc(Br)c1. The van der Waals surface area contributed by atoms with Crippen LogP contribution in [0, 0.1) is 0 Å². The zero-order chi connectivity index (χ0) is 18.6. The number of halogens is 1. The van der Waals surface area contributed by atoms with Crippen LogP contribution in [0.3, 0.4) is 0 Å². The predicted molar refractivity (Wildman–Crippen MR) is 108 cm³/mol. The largest absolute Gasteiger partial charge is 0.357 e. The Bertz CT molecular complexity index is 721. The van der Waals surface area contributed by atoms with E-state index in [1.165, 1.54) is 0 Å². The van der Waals surface area contributed by atoms with Crippen molar-refractivity contribution < 1.29 is 4.79 Å². The Balaban J connectivity index is 1.71. The van der Waals surface area contributed by atoms with Gasteiger partial charge in [-0.25, -0.2) is 4.99 Å². The molecule has 26 heavy (non-hydrogen) atoms. The highest BCUT2D eigenvalue weighted by molar-refractivity contribution is 9.10. The quantitative estimate of drug-likeness (QED) is 0.350. The van der Waals surface area contributed by atoms with Crippen LogP contribution in [-0.2, 0) is 6.54 Å². The molecular weight excluding hydrogens is 394 g/mol. The zero-order valence-corrected chi connectivity index (χ0v) is 16.4. The van der Waals surface area contributed by atoms with E-state index in [1.54, 1.807) is 18.3 Å². The minimum Gasteiger partial charge on any atom is -0.357 e. The summed E-state index contributed by atoms with van der Waals surface area (Å²) in [4.78, 5) is 20.8. The van der Waals surface area contributed by atoms with E-state index in [2.05, 4.69) is 41.9 Å². The predicted octanol–water partition coefficient (Wildman–Crippen LogP) is 2.72. The van der Waals surface area contributed by atoms with Gasteiger partial charge >= 0.3 is 0 Å². The maximum absolute atomic E-state index is 12.1. The third-order valence-electron chi connectivity index (χ3n) is 3.49. The fraction of sp³-hybridized carbons (Fsp3) is 0.316. The van der Waals surface area contributed by atoms with Crippen LogP contribution in [0.4, 0.5) is 0 Å². The third kappa shape index (κ3) is 7.23. The van der Waals surface area contributed by atoms with E-state index < -0.39 is 0 Å². The van der Waals surface area contributed by atoms with Crippen molar-refractivity contribution in [1.82, 2.24) is 20.9 Å². The fourth-order valence-corrected chi connectivity index (χ4v) is 2.62. The lowest BCUT2D eigenvalue weighted by atomic mass is 10.2. The number of amides is 1. The number of rotatable bonds is 8. The number of pyridine rings is 1. The van der Waals surface area contributed by atoms with Gasteiger partial charge in [0.1, 0.15) is 0 Å². The Morgan fingerprint density at radius 1 is 1.12 bits per heavy atom. The number of aliphatic imine (C=N–C) groups is 1. The summed E-state index contributed by atoms with van der Waals surface area (Å²) in [5, 5.41) is 9.39. The second kappa shape index (κ2) is 11.3. The number of hydrogen-bond donors (Lipinski definition) is 3. The van der Waals surface area contributed by atoms with Crippen molar-refractivity contribution in [3.63, 3.8) is 0 Å². The molecule has 1 amide bonds. The number of carbonyl (C=O) groups is 1. The average molecular weight is 418 g/mol. The van der Waals surface area contributed by atoms with Gasteiger partial charge in [0, 0.05) is 35.9 Å². The van der Waals surface area contributed by atoms with E-state index in [9.17, 15) is 4.79 Å². The van der Waals surface area contributed by atoms with Crippen molar-refractivity contribution in [2.45, 2.75) is 19.9 Å². The van der Waals surface area contributed by atoms with E-state index >= 15 is 0 Å². The molecule has 0 atom stereocenters. The standard InChI is InChI=1S/C19H24BrN5O/c1-2-21-19(25-14-17-9-3-4-10-22-17)24-12-6-11-23-18(26)15-7-5-8-16(20)13-15/h3-5,7-10,13H,2,6,11-12,14H2,1H3,(H,23,26)(H2,21,24,25). The molecule has 0 unspecified atom stereocenters. The summed E-state index contributed by atoms with van der Waals surface area (Å²) in [5.41, 5.74) is 1.57. The lowest BCUT2D eigenvalue weighted by Crippen LogP contribution is -2.38. The summed E-state index contributed by atoms with van der Waals surface area (Å²) in [6.45, 7) is 4.64. The van der Waals surface area contributed by atoms with E-state index in [-0.39, 0.29) is 5.91 Å². The molecule has 0 bridgehead atoms. The number of nitrogens with one attached hydrogen (secondary N) is 3. The van der Waals surface area contributed by atoms with Gasteiger partial charge in [-0.2, -0.15) is 0 Å². The summed E-state index contributed by atoms with van der Waals surface area (Å²) in [7, 11) is 0. The Kier molecular flexibility index (Phi) is 8.62. The summed E-state index contributed by atoms with van der Waals surface area (Å²) in [5.74, 6) is 0.679. The monoisotopic (exact) mass is 417 g/mol. The normalized spacial score (nSPS) is 11.1. The van der Waals surface area contributed by atoms with Crippen LogP contribution in [0.15, 0.2) is 58.1 Å². The second-order valence-electron chi connectivity index (χ2n) is 5.56. The molecule has 1 aromatic carbocycles. The number of carbonyl (C=O) groups excluding carboxylic acids is 1. The van der Waals surface area contributed by atoms with Crippen LogP contribution in [0.5, 0.6) is 0 Å². The summed E-state index contributed by atoms with van der Waals surface area (Å²) in [6, 6.07) is 13.1. The van der Waals surface area contributed by atoms with E-state index in [1.807, 2.05) is 37.3 Å².